The maximum atomic E-state index is 12.6. The molecule has 0 fully saturated rings. The molecule has 0 radical (unpaired) electrons. The number of hydrogen-bond donors (Lipinski definition) is 0. The minimum atomic E-state index is -0.193. The highest BCUT2D eigenvalue weighted by Crippen LogP contribution is 2.06. The molecule has 0 atom stereocenters. The highest BCUT2D eigenvalue weighted by atomic mass is 19.1. The predicted molar refractivity (Wildman–Crippen MR) is 55.8 cm³/mol. The summed E-state index contributed by atoms with van der Waals surface area (Å²) in [6.45, 7) is 0. The third-order valence-corrected chi connectivity index (χ3v) is 2.23. The van der Waals surface area contributed by atoms with Crippen LogP contribution in [0.4, 0.5) is 4.39 Å². The third kappa shape index (κ3) is 2.84. The van der Waals surface area contributed by atoms with Gasteiger partial charge >= 0.3 is 0 Å². The Hall–Kier alpha value is -1.77. The van der Waals surface area contributed by atoms with Gasteiger partial charge in [-0.2, -0.15) is 0 Å². The van der Waals surface area contributed by atoms with Crippen LogP contribution in [0.3, 0.4) is 0 Å². The number of nitrogens with zero attached hydrogens (tertiary/aromatic N) is 2. The number of benzene rings is 1. The standard InChI is InChI=1S/C12H11FN2/c13-12-5-3-10(4-6-12)1-2-11-7-14-9-15-8-11/h3-9H,1-2H2. The molecule has 76 valence electrons. The van der Waals surface area contributed by atoms with Crippen molar-refractivity contribution in [1.82, 2.24) is 9.97 Å². The Balaban J connectivity index is 1.96. The van der Waals surface area contributed by atoms with Gasteiger partial charge in [-0.15, -0.1) is 0 Å². The van der Waals surface area contributed by atoms with E-state index in [1.165, 1.54) is 18.5 Å². The second-order valence-electron chi connectivity index (χ2n) is 3.37. The zero-order chi connectivity index (χ0) is 10.5. The van der Waals surface area contributed by atoms with Gasteiger partial charge in [-0.05, 0) is 36.1 Å². The molecule has 0 aliphatic heterocycles. The Labute approximate surface area is 87.8 Å². The van der Waals surface area contributed by atoms with Crippen molar-refractivity contribution in [3.63, 3.8) is 0 Å². The SMILES string of the molecule is Fc1ccc(CCc2cncnc2)cc1. The molecular weight excluding hydrogens is 191 g/mol. The molecule has 0 N–H and O–H groups in total. The number of halogens is 1. The summed E-state index contributed by atoms with van der Waals surface area (Å²) in [5.41, 5.74) is 2.22. The van der Waals surface area contributed by atoms with Crippen LogP contribution in [0.25, 0.3) is 0 Å². The molecule has 1 aromatic heterocycles. The van der Waals surface area contributed by atoms with Crippen LogP contribution in [0, 0.1) is 5.82 Å². The zero-order valence-electron chi connectivity index (χ0n) is 8.23. The van der Waals surface area contributed by atoms with Crippen LogP contribution in [0.15, 0.2) is 43.0 Å². The van der Waals surface area contributed by atoms with Gasteiger partial charge in [0.1, 0.15) is 12.1 Å². The summed E-state index contributed by atoms with van der Waals surface area (Å²) in [5, 5.41) is 0. The van der Waals surface area contributed by atoms with Gasteiger partial charge in [-0.3, -0.25) is 0 Å². The zero-order valence-corrected chi connectivity index (χ0v) is 8.23. The molecule has 0 spiro atoms. The van der Waals surface area contributed by atoms with Crippen LogP contribution in [0.2, 0.25) is 0 Å². The molecule has 0 saturated heterocycles. The van der Waals surface area contributed by atoms with E-state index in [0.29, 0.717) is 0 Å². The molecule has 15 heavy (non-hydrogen) atoms. The Morgan fingerprint density at radius 2 is 1.47 bits per heavy atom. The van der Waals surface area contributed by atoms with Gasteiger partial charge < -0.3 is 0 Å². The van der Waals surface area contributed by atoms with Gasteiger partial charge in [-0.25, -0.2) is 14.4 Å². The van der Waals surface area contributed by atoms with E-state index in [9.17, 15) is 4.39 Å². The van der Waals surface area contributed by atoms with Crippen molar-refractivity contribution in [2.45, 2.75) is 12.8 Å². The fourth-order valence-electron chi connectivity index (χ4n) is 1.40. The number of hydrogen-bond acceptors (Lipinski definition) is 2. The van der Waals surface area contributed by atoms with E-state index in [4.69, 9.17) is 0 Å². The Bertz CT molecular complexity index is 411. The van der Waals surface area contributed by atoms with E-state index >= 15 is 0 Å². The average molecular weight is 202 g/mol. The van der Waals surface area contributed by atoms with E-state index in [-0.39, 0.29) is 5.82 Å². The topological polar surface area (TPSA) is 25.8 Å². The number of aryl methyl sites for hydroxylation is 2. The first-order chi connectivity index (χ1) is 7.34. The van der Waals surface area contributed by atoms with Crippen LogP contribution in [0.5, 0.6) is 0 Å². The van der Waals surface area contributed by atoms with E-state index in [1.54, 1.807) is 24.5 Å². The number of aromatic nitrogens is 2. The highest BCUT2D eigenvalue weighted by Gasteiger charge is 1.96. The van der Waals surface area contributed by atoms with E-state index in [2.05, 4.69) is 9.97 Å². The molecule has 2 nitrogen and oxygen atoms in total. The molecule has 0 amide bonds. The molecule has 2 aromatic rings. The lowest BCUT2D eigenvalue weighted by Gasteiger charge is -2.00. The molecule has 0 aliphatic rings. The van der Waals surface area contributed by atoms with Gasteiger partial charge in [0.2, 0.25) is 0 Å². The maximum Gasteiger partial charge on any atom is 0.123 e. The molecule has 0 unspecified atom stereocenters. The number of rotatable bonds is 3. The predicted octanol–water partition coefficient (Wildman–Crippen LogP) is 2.40. The summed E-state index contributed by atoms with van der Waals surface area (Å²) >= 11 is 0. The molecule has 0 aliphatic carbocycles. The van der Waals surface area contributed by atoms with Crippen molar-refractivity contribution in [3.8, 4) is 0 Å². The van der Waals surface area contributed by atoms with Crippen LogP contribution in [-0.2, 0) is 12.8 Å². The van der Waals surface area contributed by atoms with Gasteiger partial charge in [0, 0.05) is 12.4 Å². The van der Waals surface area contributed by atoms with Gasteiger partial charge in [0.05, 0.1) is 0 Å². The first-order valence-electron chi connectivity index (χ1n) is 4.83. The van der Waals surface area contributed by atoms with E-state index in [0.717, 1.165) is 24.0 Å². The minimum absolute atomic E-state index is 0.193. The normalized spacial score (nSPS) is 10.2. The van der Waals surface area contributed by atoms with Crippen molar-refractivity contribution in [2.24, 2.45) is 0 Å². The lowest BCUT2D eigenvalue weighted by atomic mass is 10.1. The fourth-order valence-corrected chi connectivity index (χ4v) is 1.40. The first kappa shape index (κ1) is 9.77. The van der Waals surface area contributed by atoms with Crippen LogP contribution in [-0.4, -0.2) is 9.97 Å². The molecule has 0 bridgehead atoms. The summed E-state index contributed by atoms with van der Waals surface area (Å²) in [5.74, 6) is -0.193. The molecule has 1 heterocycles. The van der Waals surface area contributed by atoms with Gasteiger partial charge in [-0.1, -0.05) is 12.1 Å². The molecule has 3 heteroatoms. The highest BCUT2D eigenvalue weighted by molar-refractivity contribution is 5.17. The monoisotopic (exact) mass is 202 g/mol. The van der Waals surface area contributed by atoms with Crippen molar-refractivity contribution in [1.29, 1.82) is 0 Å². The van der Waals surface area contributed by atoms with Crippen LogP contribution >= 0.6 is 0 Å². The average Bonchev–Trinajstić information content (AvgIpc) is 2.30. The van der Waals surface area contributed by atoms with Gasteiger partial charge in [0.25, 0.3) is 0 Å². The van der Waals surface area contributed by atoms with Crippen molar-refractivity contribution >= 4 is 0 Å². The second-order valence-corrected chi connectivity index (χ2v) is 3.37. The summed E-state index contributed by atoms with van der Waals surface area (Å²) in [6, 6.07) is 6.58. The van der Waals surface area contributed by atoms with E-state index < -0.39 is 0 Å². The Morgan fingerprint density at radius 3 is 2.13 bits per heavy atom. The Morgan fingerprint density at radius 1 is 0.867 bits per heavy atom. The third-order valence-electron chi connectivity index (χ3n) is 2.23. The quantitative estimate of drug-likeness (QED) is 0.763. The molecular formula is C12H11FN2. The summed E-state index contributed by atoms with van der Waals surface area (Å²) in [6.07, 6.45) is 6.88. The maximum absolute atomic E-state index is 12.6. The first-order valence-corrected chi connectivity index (χ1v) is 4.83. The van der Waals surface area contributed by atoms with Crippen molar-refractivity contribution < 1.29 is 4.39 Å². The van der Waals surface area contributed by atoms with Crippen LogP contribution in [0.1, 0.15) is 11.1 Å². The molecule has 1 aromatic carbocycles. The summed E-state index contributed by atoms with van der Waals surface area (Å²) in [7, 11) is 0. The summed E-state index contributed by atoms with van der Waals surface area (Å²) < 4.78 is 12.6. The summed E-state index contributed by atoms with van der Waals surface area (Å²) in [4.78, 5) is 7.88. The second kappa shape index (κ2) is 4.64. The smallest absolute Gasteiger partial charge is 0.123 e. The van der Waals surface area contributed by atoms with Crippen LogP contribution < -0.4 is 0 Å². The molecule has 0 saturated carbocycles. The lowest BCUT2D eigenvalue weighted by Crippen LogP contribution is -1.92. The van der Waals surface area contributed by atoms with Crippen molar-refractivity contribution in [2.75, 3.05) is 0 Å². The van der Waals surface area contributed by atoms with Gasteiger partial charge in [0.15, 0.2) is 0 Å². The Kier molecular flexibility index (Phi) is 3.02. The van der Waals surface area contributed by atoms with E-state index in [1.807, 2.05) is 0 Å². The molecule has 2 rings (SSSR count). The largest absolute Gasteiger partial charge is 0.245 e. The minimum Gasteiger partial charge on any atom is -0.245 e. The lowest BCUT2D eigenvalue weighted by molar-refractivity contribution is 0.627. The van der Waals surface area contributed by atoms with Crippen molar-refractivity contribution in [3.05, 3.63) is 59.9 Å². The fraction of sp³-hybridized carbons (Fsp3) is 0.167.